The van der Waals surface area contributed by atoms with Crippen LogP contribution in [0.25, 0.3) is 0 Å². The van der Waals surface area contributed by atoms with Gasteiger partial charge in [-0.3, -0.25) is 20.2 Å². The van der Waals surface area contributed by atoms with Gasteiger partial charge in [0.05, 0.1) is 15.9 Å². The lowest BCUT2D eigenvalue weighted by Gasteiger charge is -2.11. The molecule has 0 spiro atoms. The van der Waals surface area contributed by atoms with Gasteiger partial charge in [0.1, 0.15) is 17.3 Å². The highest BCUT2D eigenvalue weighted by Crippen LogP contribution is 2.32. The Morgan fingerprint density at radius 1 is 0.893 bits per heavy atom. The highest BCUT2D eigenvalue weighted by atomic mass is 16.6. The zero-order chi connectivity index (χ0) is 20.1. The van der Waals surface area contributed by atoms with Gasteiger partial charge in [0.2, 0.25) is 0 Å². The second-order valence-electron chi connectivity index (χ2n) is 5.69. The van der Waals surface area contributed by atoms with E-state index in [1.54, 1.807) is 36.4 Å². The minimum atomic E-state index is -0.713. The number of aliphatic imine (C=N–C) groups is 1. The van der Waals surface area contributed by atoms with Gasteiger partial charge >= 0.3 is 5.69 Å². The van der Waals surface area contributed by atoms with Gasteiger partial charge in [0.15, 0.2) is 0 Å². The van der Waals surface area contributed by atoms with Crippen molar-refractivity contribution in [2.24, 2.45) is 4.99 Å². The Morgan fingerprint density at radius 3 is 2.18 bits per heavy atom. The van der Waals surface area contributed by atoms with Crippen molar-refractivity contribution in [1.29, 1.82) is 0 Å². The molecule has 3 aromatic carbocycles. The summed E-state index contributed by atoms with van der Waals surface area (Å²) < 4.78 is 0. The third-order valence-electron chi connectivity index (χ3n) is 3.78. The lowest BCUT2D eigenvalue weighted by Crippen LogP contribution is -2.13. The maximum absolute atomic E-state index is 11.4. The molecule has 0 radical (unpaired) electrons. The van der Waals surface area contributed by atoms with Gasteiger partial charge < -0.3 is 10.4 Å². The van der Waals surface area contributed by atoms with E-state index in [2.05, 4.69) is 10.3 Å². The number of amidine groups is 1. The normalized spacial score (nSPS) is 11.1. The van der Waals surface area contributed by atoms with Gasteiger partial charge in [0.25, 0.3) is 5.69 Å². The molecule has 9 nitrogen and oxygen atoms in total. The molecule has 0 unspecified atom stereocenters. The van der Waals surface area contributed by atoms with Gasteiger partial charge in [-0.15, -0.1) is 0 Å². The van der Waals surface area contributed by atoms with Crippen molar-refractivity contribution in [2.75, 3.05) is 5.32 Å². The van der Waals surface area contributed by atoms with Crippen molar-refractivity contribution in [1.82, 2.24) is 0 Å². The van der Waals surface area contributed by atoms with Crippen LogP contribution in [0.4, 0.5) is 22.7 Å². The summed E-state index contributed by atoms with van der Waals surface area (Å²) in [7, 11) is 0. The van der Waals surface area contributed by atoms with Crippen molar-refractivity contribution in [3.63, 3.8) is 0 Å². The molecule has 0 aliphatic heterocycles. The van der Waals surface area contributed by atoms with Crippen LogP contribution in [0.2, 0.25) is 0 Å². The number of hydrogen-bond acceptors (Lipinski definition) is 6. The summed E-state index contributed by atoms with van der Waals surface area (Å²) >= 11 is 0. The number of aromatic hydroxyl groups is 1. The largest absolute Gasteiger partial charge is 0.508 e. The number of nitrogens with zero attached hydrogens (tertiary/aromatic N) is 3. The number of non-ortho nitro benzene ring substituents is 1. The maximum atomic E-state index is 11.4. The molecule has 9 heteroatoms. The Morgan fingerprint density at radius 2 is 1.57 bits per heavy atom. The highest BCUT2D eigenvalue weighted by molar-refractivity contribution is 6.09. The topological polar surface area (TPSA) is 131 Å². The summed E-state index contributed by atoms with van der Waals surface area (Å²) in [5.41, 5.74) is 0.363. The number of nitro benzene ring substituents is 2. The van der Waals surface area contributed by atoms with Crippen molar-refractivity contribution < 1.29 is 15.0 Å². The number of phenolic OH excluding ortho intramolecular Hbond substituents is 1. The molecule has 3 aromatic rings. The van der Waals surface area contributed by atoms with E-state index in [-0.39, 0.29) is 11.4 Å². The van der Waals surface area contributed by atoms with Crippen LogP contribution in [0, 0.1) is 20.2 Å². The van der Waals surface area contributed by atoms with Crippen LogP contribution in [0.5, 0.6) is 5.75 Å². The summed E-state index contributed by atoms with van der Waals surface area (Å²) in [6.45, 7) is 0. The van der Waals surface area contributed by atoms with Crippen molar-refractivity contribution in [3.8, 4) is 5.75 Å². The molecule has 2 N–H and O–H groups in total. The molecule has 0 aromatic heterocycles. The van der Waals surface area contributed by atoms with E-state index in [0.717, 1.165) is 12.1 Å². The molecule has 140 valence electrons. The Balaban J connectivity index is 2.09. The van der Waals surface area contributed by atoms with Crippen molar-refractivity contribution in [3.05, 3.63) is 98.6 Å². The predicted molar refractivity (Wildman–Crippen MR) is 104 cm³/mol. The summed E-state index contributed by atoms with van der Waals surface area (Å²) in [5, 5.41) is 34.8. The summed E-state index contributed by atoms with van der Waals surface area (Å²) in [6, 6.07) is 18.4. The van der Waals surface area contributed by atoms with Crippen LogP contribution in [0.15, 0.2) is 77.8 Å². The number of hydrogen-bond donors (Lipinski definition) is 2. The average Bonchev–Trinajstić information content (AvgIpc) is 2.69. The van der Waals surface area contributed by atoms with Crippen LogP contribution < -0.4 is 5.32 Å². The first-order chi connectivity index (χ1) is 13.4. The third kappa shape index (κ3) is 4.28. The van der Waals surface area contributed by atoms with Gasteiger partial charge in [-0.05, 0) is 30.3 Å². The molecular formula is C19H14N4O5. The number of nitro groups is 2. The van der Waals surface area contributed by atoms with Crippen LogP contribution in [-0.2, 0) is 0 Å². The zero-order valence-corrected chi connectivity index (χ0v) is 14.4. The molecule has 0 saturated heterocycles. The Bertz CT molecular complexity index is 1050. The van der Waals surface area contributed by atoms with Crippen LogP contribution >= 0.6 is 0 Å². The first-order valence-corrected chi connectivity index (χ1v) is 8.07. The summed E-state index contributed by atoms with van der Waals surface area (Å²) in [6.07, 6.45) is 0. The highest BCUT2D eigenvalue weighted by Gasteiger charge is 2.20. The first kappa shape index (κ1) is 18.5. The molecule has 28 heavy (non-hydrogen) atoms. The van der Waals surface area contributed by atoms with E-state index >= 15 is 0 Å². The zero-order valence-electron chi connectivity index (χ0n) is 14.4. The van der Waals surface area contributed by atoms with E-state index in [0.29, 0.717) is 17.1 Å². The van der Waals surface area contributed by atoms with Gasteiger partial charge in [0, 0.05) is 17.3 Å². The number of phenols is 1. The van der Waals surface area contributed by atoms with Crippen LogP contribution in [-0.4, -0.2) is 20.8 Å². The molecular weight excluding hydrogens is 364 g/mol. The quantitative estimate of drug-likeness (QED) is 0.222. The number of anilines is 1. The Labute approximate surface area is 158 Å². The number of nitrogens with one attached hydrogen (secondary N) is 1. The number of benzene rings is 3. The fourth-order valence-electron chi connectivity index (χ4n) is 2.43. The summed E-state index contributed by atoms with van der Waals surface area (Å²) in [5.74, 6) is 0.401. The second kappa shape index (κ2) is 7.96. The molecule has 0 bridgehead atoms. The SMILES string of the molecule is O=[N+]([O-])c1ccc(N=C(Nc2ccc(O)cc2)c2ccccc2)c([N+](=O)[O-])c1. The average molecular weight is 378 g/mol. The first-order valence-electron chi connectivity index (χ1n) is 8.07. The van der Waals surface area contributed by atoms with E-state index < -0.39 is 21.2 Å². The molecule has 0 saturated carbocycles. The molecule has 3 rings (SSSR count). The minimum absolute atomic E-state index is 0.0271. The fraction of sp³-hybridized carbons (Fsp3) is 0. The molecule has 0 aliphatic rings. The van der Waals surface area contributed by atoms with E-state index in [4.69, 9.17) is 0 Å². The lowest BCUT2D eigenvalue weighted by atomic mass is 10.2. The van der Waals surface area contributed by atoms with E-state index in [1.807, 2.05) is 6.07 Å². The molecule has 0 fully saturated rings. The van der Waals surface area contributed by atoms with Crippen molar-refractivity contribution >= 4 is 28.6 Å². The van der Waals surface area contributed by atoms with Gasteiger partial charge in [-0.25, -0.2) is 4.99 Å². The second-order valence-corrected chi connectivity index (χ2v) is 5.69. The smallest absolute Gasteiger partial charge is 0.301 e. The maximum Gasteiger partial charge on any atom is 0.301 e. The molecule has 0 atom stereocenters. The van der Waals surface area contributed by atoms with Crippen LogP contribution in [0.3, 0.4) is 0 Å². The van der Waals surface area contributed by atoms with E-state index in [1.165, 1.54) is 18.2 Å². The number of rotatable bonds is 5. The molecule has 0 aliphatic carbocycles. The fourth-order valence-corrected chi connectivity index (χ4v) is 2.43. The van der Waals surface area contributed by atoms with Gasteiger partial charge in [-0.2, -0.15) is 0 Å². The summed E-state index contributed by atoms with van der Waals surface area (Å²) in [4.78, 5) is 25.2. The third-order valence-corrected chi connectivity index (χ3v) is 3.78. The molecule has 0 amide bonds. The van der Waals surface area contributed by atoms with Crippen molar-refractivity contribution in [2.45, 2.75) is 0 Å². The van der Waals surface area contributed by atoms with E-state index in [9.17, 15) is 25.3 Å². The Kier molecular flexibility index (Phi) is 5.26. The molecule has 0 heterocycles. The lowest BCUT2D eigenvalue weighted by molar-refractivity contribution is -0.393. The van der Waals surface area contributed by atoms with Crippen LogP contribution in [0.1, 0.15) is 5.56 Å². The minimum Gasteiger partial charge on any atom is -0.508 e. The predicted octanol–water partition coefficient (Wildman–Crippen LogP) is 4.40. The Hall–Kier alpha value is -4.27. The monoisotopic (exact) mass is 378 g/mol. The van der Waals surface area contributed by atoms with Gasteiger partial charge in [-0.1, -0.05) is 30.3 Å². The standard InChI is InChI=1S/C19H14N4O5/c24-16-9-6-14(7-10-16)20-19(13-4-2-1-3-5-13)21-17-11-8-15(22(25)26)12-18(17)23(27)28/h1-12,24H,(H,20,21).